The zero-order valence-electron chi connectivity index (χ0n) is 13.4. The summed E-state index contributed by atoms with van der Waals surface area (Å²) in [5.41, 5.74) is 0. The van der Waals surface area contributed by atoms with Gasteiger partial charge >= 0.3 is 6.01 Å². The molecule has 0 radical (unpaired) electrons. The van der Waals surface area contributed by atoms with Crippen LogP contribution in [0.15, 0.2) is 0 Å². The van der Waals surface area contributed by atoms with Crippen LogP contribution in [-0.4, -0.2) is 34.6 Å². The van der Waals surface area contributed by atoms with Crippen molar-refractivity contribution < 1.29 is 4.74 Å². The van der Waals surface area contributed by atoms with Crippen LogP contribution in [0.5, 0.6) is 6.01 Å². The molecule has 0 atom stereocenters. The minimum atomic E-state index is 0.0484. The number of nitrogens with zero attached hydrogens (tertiary/aromatic N) is 3. The summed E-state index contributed by atoms with van der Waals surface area (Å²) in [6, 6.07) is 0.364. The molecule has 1 heterocycles. The van der Waals surface area contributed by atoms with Gasteiger partial charge in [-0.2, -0.15) is 15.0 Å². The average Bonchev–Trinajstić information content (AvgIpc) is 2.96. The van der Waals surface area contributed by atoms with Crippen molar-refractivity contribution in [3.05, 3.63) is 0 Å². The van der Waals surface area contributed by atoms with Crippen LogP contribution in [0.3, 0.4) is 0 Å². The Labute approximate surface area is 127 Å². The summed E-state index contributed by atoms with van der Waals surface area (Å²) in [7, 11) is 1.79. The molecule has 21 heavy (non-hydrogen) atoms. The van der Waals surface area contributed by atoms with Crippen molar-refractivity contribution in [2.75, 3.05) is 24.2 Å². The van der Waals surface area contributed by atoms with Crippen LogP contribution in [0, 0.1) is 5.92 Å². The second kappa shape index (κ2) is 8.00. The molecule has 6 heteroatoms. The maximum absolute atomic E-state index is 5.54. The van der Waals surface area contributed by atoms with Crippen LogP contribution in [0.2, 0.25) is 0 Å². The third-order valence-corrected chi connectivity index (χ3v) is 3.73. The summed E-state index contributed by atoms with van der Waals surface area (Å²) in [5.74, 6) is 2.04. The quantitative estimate of drug-likeness (QED) is 0.718. The number of hydrogen-bond donors (Lipinski definition) is 2. The third-order valence-electron chi connectivity index (χ3n) is 3.73. The molecule has 0 unspecified atom stereocenters. The molecule has 2 rings (SSSR count). The minimum absolute atomic E-state index is 0.0484. The lowest BCUT2D eigenvalue weighted by molar-refractivity contribution is 0.222. The molecule has 0 aromatic carbocycles. The van der Waals surface area contributed by atoms with E-state index in [0.29, 0.717) is 17.9 Å². The lowest BCUT2D eigenvalue weighted by atomic mass is 10.0. The smallest absolute Gasteiger partial charge is 0.323 e. The molecule has 1 fully saturated rings. The molecule has 1 aliphatic carbocycles. The van der Waals surface area contributed by atoms with Crippen molar-refractivity contribution >= 4 is 11.9 Å². The fourth-order valence-electron chi connectivity index (χ4n) is 2.70. The average molecular weight is 293 g/mol. The van der Waals surface area contributed by atoms with Crippen LogP contribution < -0.4 is 15.4 Å². The van der Waals surface area contributed by atoms with Crippen LogP contribution in [0.4, 0.5) is 11.9 Å². The molecule has 1 aromatic rings. The van der Waals surface area contributed by atoms with E-state index in [1.54, 1.807) is 7.05 Å². The van der Waals surface area contributed by atoms with E-state index in [9.17, 15) is 0 Å². The second-order valence-electron chi connectivity index (χ2n) is 5.90. The molecule has 0 spiro atoms. The molecule has 0 bridgehead atoms. The monoisotopic (exact) mass is 293 g/mol. The van der Waals surface area contributed by atoms with Crippen molar-refractivity contribution in [3.8, 4) is 6.01 Å². The van der Waals surface area contributed by atoms with E-state index in [4.69, 9.17) is 4.74 Å². The maximum Gasteiger partial charge on any atom is 0.323 e. The predicted molar refractivity (Wildman–Crippen MR) is 84.8 cm³/mol. The van der Waals surface area contributed by atoms with Crippen molar-refractivity contribution in [3.63, 3.8) is 0 Å². The zero-order valence-corrected chi connectivity index (χ0v) is 13.4. The number of rotatable bonds is 8. The van der Waals surface area contributed by atoms with Crippen molar-refractivity contribution in [2.24, 2.45) is 5.92 Å². The SMILES string of the molecule is CNc1nc(NCCCC2CCCC2)nc(OC(C)C)n1. The van der Waals surface area contributed by atoms with Gasteiger partial charge < -0.3 is 15.4 Å². The van der Waals surface area contributed by atoms with Crippen LogP contribution in [-0.2, 0) is 0 Å². The summed E-state index contributed by atoms with van der Waals surface area (Å²) in [4.78, 5) is 12.8. The van der Waals surface area contributed by atoms with Crippen molar-refractivity contribution in [2.45, 2.75) is 58.5 Å². The van der Waals surface area contributed by atoms with Gasteiger partial charge in [0.15, 0.2) is 0 Å². The number of aromatic nitrogens is 3. The summed E-state index contributed by atoms with van der Waals surface area (Å²) < 4.78 is 5.54. The number of anilines is 2. The van der Waals surface area contributed by atoms with Gasteiger partial charge in [0.2, 0.25) is 11.9 Å². The van der Waals surface area contributed by atoms with E-state index in [0.717, 1.165) is 18.9 Å². The van der Waals surface area contributed by atoms with Gasteiger partial charge in [0, 0.05) is 13.6 Å². The lowest BCUT2D eigenvalue weighted by Crippen LogP contribution is -2.13. The van der Waals surface area contributed by atoms with Crippen LogP contribution >= 0.6 is 0 Å². The molecule has 1 aliphatic rings. The van der Waals surface area contributed by atoms with E-state index in [2.05, 4.69) is 25.6 Å². The molecular weight excluding hydrogens is 266 g/mol. The zero-order chi connectivity index (χ0) is 15.1. The highest BCUT2D eigenvalue weighted by Crippen LogP contribution is 2.28. The van der Waals surface area contributed by atoms with E-state index in [1.807, 2.05) is 13.8 Å². The van der Waals surface area contributed by atoms with Crippen LogP contribution in [0.25, 0.3) is 0 Å². The Morgan fingerprint density at radius 2 is 1.86 bits per heavy atom. The molecule has 0 aliphatic heterocycles. The summed E-state index contributed by atoms with van der Waals surface area (Å²) >= 11 is 0. The largest absolute Gasteiger partial charge is 0.461 e. The van der Waals surface area contributed by atoms with Crippen molar-refractivity contribution in [1.82, 2.24) is 15.0 Å². The third kappa shape index (κ3) is 5.36. The Morgan fingerprint density at radius 3 is 2.52 bits per heavy atom. The Balaban J connectivity index is 1.82. The fourth-order valence-corrected chi connectivity index (χ4v) is 2.70. The predicted octanol–water partition coefficient (Wildman–Crippen LogP) is 3.08. The first kappa shape index (κ1) is 15.8. The Bertz CT molecular complexity index is 432. The summed E-state index contributed by atoms with van der Waals surface area (Å²) in [6.07, 6.45) is 8.13. The normalized spacial score (nSPS) is 15.4. The van der Waals surface area contributed by atoms with Gasteiger partial charge in [-0.05, 0) is 32.6 Å². The van der Waals surface area contributed by atoms with Gasteiger partial charge in [0.05, 0.1) is 6.10 Å². The van der Waals surface area contributed by atoms with Crippen molar-refractivity contribution in [1.29, 1.82) is 0 Å². The highest BCUT2D eigenvalue weighted by molar-refractivity contribution is 5.35. The van der Waals surface area contributed by atoms with Gasteiger partial charge in [0.1, 0.15) is 0 Å². The number of hydrogen-bond acceptors (Lipinski definition) is 6. The molecule has 118 valence electrons. The maximum atomic E-state index is 5.54. The van der Waals surface area contributed by atoms with E-state index in [1.165, 1.54) is 32.1 Å². The first-order valence-corrected chi connectivity index (χ1v) is 8.01. The number of ether oxygens (including phenoxy) is 1. The first-order valence-electron chi connectivity index (χ1n) is 8.01. The standard InChI is InChI=1S/C15H27N5O/c1-11(2)21-15-19-13(16-3)18-14(20-15)17-10-6-9-12-7-4-5-8-12/h11-12H,4-10H2,1-3H3,(H2,16,17,18,19,20). The van der Waals surface area contributed by atoms with E-state index in [-0.39, 0.29) is 6.10 Å². The highest BCUT2D eigenvalue weighted by atomic mass is 16.5. The molecule has 1 saturated carbocycles. The minimum Gasteiger partial charge on any atom is -0.461 e. The molecule has 6 nitrogen and oxygen atoms in total. The summed E-state index contributed by atoms with van der Waals surface area (Å²) in [5, 5.41) is 6.21. The molecule has 0 amide bonds. The Morgan fingerprint density at radius 1 is 1.14 bits per heavy atom. The van der Waals surface area contributed by atoms with Gasteiger partial charge in [-0.15, -0.1) is 0 Å². The van der Waals surface area contributed by atoms with Gasteiger partial charge in [-0.3, -0.25) is 0 Å². The first-order chi connectivity index (χ1) is 10.2. The fraction of sp³-hybridized carbons (Fsp3) is 0.800. The lowest BCUT2D eigenvalue weighted by Gasteiger charge is -2.12. The topological polar surface area (TPSA) is 72.0 Å². The Hall–Kier alpha value is -1.59. The van der Waals surface area contributed by atoms with Gasteiger partial charge in [-0.1, -0.05) is 25.7 Å². The van der Waals surface area contributed by atoms with E-state index < -0.39 is 0 Å². The summed E-state index contributed by atoms with van der Waals surface area (Å²) in [6.45, 7) is 4.81. The highest BCUT2D eigenvalue weighted by Gasteiger charge is 2.14. The molecular formula is C15H27N5O. The van der Waals surface area contributed by atoms with E-state index >= 15 is 0 Å². The number of nitrogens with one attached hydrogen (secondary N) is 2. The molecule has 2 N–H and O–H groups in total. The van der Waals surface area contributed by atoms with Crippen LogP contribution in [0.1, 0.15) is 52.4 Å². The van der Waals surface area contributed by atoms with Gasteiger partial charge in [-0.25, -0.2) is 0 Å². The van der Waals surface area contributed by atoms with Gasteiger partial charge in [0.25, 0.3) is 0 Å². The second-order valence-corrected chi connectivity index (χ2v) is 5.90. The molecule has 1 aromatic heterocycles. The Kier molecular flexibility index (Phi) is 6.02. The molecule has 0 saturated heterocycles.